The number of nitrogens with zero attached hydrogens (tertiary/aromatic N) is 3. The molecular weight excluding hydrogens is 448 g/mol. The van der Waals surface area contributed by atoms with Gasteiger partial charge < -0.3 is 4.74 Å². The number of aromatic nitrogens is 2. The van der Waals surface area contributed by atoms with Crippen LogP contribution >= 0.6 is 23.1 Å². The monoisotopic (exact) mass is 472 g/mol. The SMILES string of the molecule is CC[C@H](C(=O)Nc1nnc(SCC(=O)OC)s1)N(c1ccc(C)c(C)c1)S(C)(=O)=O. The van der Waals surface area contributed by atoms with E-state index in [9.17, 15) is 18.0 Å². The van der Waals surface area contributed by atoms with Crippen molar-refractivity contribution in [3.05, 3.63) is 29.3 Å². The lowest BCUT2D eigenvalue weighted by molar-refractivity contribution is -0.137. The number of rotatable bonds is 9. The second-order valence-electron chi connectivity index (χ2n) is 6.48. The van der Waals surface area contributed by atoms with E-state index in [-0.39, 0.29) is 17.3 Å². The smallest absolute Gasteiger partial charge is 0.316 e. The number of ether oxygens (including phenoxy) is 1. The van der Waals surface area contributed by atoms with Crippen molar-refractivity contribution in [1.82, 2.24) is 10.2 Å². The first kappa shape index (κ1) is 24.1. The number of esters is 1. The fraction of sp³-hybridized carbons (Fsp3) is 0.444. The number of methoxy groups -OCH3 is 1. The van der Waals surface area contributed by atoms with Gasteiger partial charge in [-0.1, -0.05) is 36.1 Å². The van der Waals surface area contributed by atoms with Crippen molar-refractivity contribution >= 4 is 55.8 Å². The van der Waals surface area contributed by atoms with Crippen LogP contribution in [0.2, 0.25) is 0 Å². The highest BCUT2D eigenvalue weighted by atomic mass is 32.2. The van der Waals surface area contributed by atoms with Gasteiger partial charge in [-0.2, -0.15) is 0 Å². The van der Waals surface area contributed by atoms with Crippen LogP contribution in [0.5, 0.6) is 0 Å². The van der Waals surface area contributed by atoms with Crippen LogP contribution in [0.4, 0.5) is 10.8 Å². The molecule has 0 unspecified atom stereocenters. The Labute approximate surface area is 184 Å². The second-order valence-corrected chi connectivity index (χ2v) is 10.5. The summed E-state index contributed by atoms with van der Waals surface area (Å²) in [5.41, 5.74) is 2.37. The van der Waals surface area contributed by atoms with E-state index in [1.54, 1.807) is 19.1 Å². The molecule has 1 aromatic heterocycles. The van der Waals surface area contributed by atoms with E-state index in [2.05, 4.69) is 20.3 Å². The molecule has 0 spiro atoms. The fourth-order valence-corrected chi connectivity index (χ4v) is 5.40. The zero-order valence-electron chi connectivity index (χ0n) is 17.3. The van der Waals surface area contributed by atoms with Gasteiger partial charge in [-0.3, -0.25) is 19.2 Å². The summed E-state index contributed by atoms with van der Waals surface area (Å²) < 4.78 is 31.3. The molecule has 2 rings (SSSR count). The predicted octanol–water partition coefficient (Wildman–Crippen LogP) is 2.60. The van der Waals surface area contributed by atoms with Gasteiger partial charge in [0, 0.05) is 0 Å². The second kappa shape index (κ2) is 10.2. The Kier molecular flexibility index (Phi) is 8.21. The lowest BCUT2D eigenvalue weighted by Crippen LogP contribution is -2.47. The van der Waals surface area contributed by atoms with Crippen molar-refractivity contribution in [3.63, 3.8) is 0 Å². The Morgan fingerprint density at radius 3 is 2.53 bits per heavy atom. The molecule has 30 heavy (non-hydrogen) atoms. The number of carbonyl (C=O) groups is 2. The number of sulfonamides is 1. The number of aryl methyl sites for hydroxylation is 2. The van der Waals surface area contributed by atoms with Crippen molar-refractivity contribution in [3.8, 4) is 0 Å². The van der Waals surface area contributed by atoms with E-state index < -0.39 is 27.9 Å². The lowest BCUT2D eigenvalue weighted by Gasteiger charge is -2.30. The van der Waals surface area contributed by atoms with E-state index in [1.807, 2.05) is 19.9 Å². The highest BCUT2D eigenvalue weighted by Gasteiger charge is 2.32. The summed E-state index contributed by atoms with van der Waals surface area (Å²) >= 11 is 2.23. The highest BCUT2D eigenvalue weighted by molar-refractivity contribution is 8.01. The zero-order valence-corrected chi connectivity index (χ0v) is 19.8. The van der Waals surface area contributed by atoms with Crippen molar-refractivity contribution in [1.29, 1.82) is 0 Å². The van der Waals surface area contributed by atoms with E-state index in [1.165, 1.54) is 7.11 Å². The van der Waals surface area contributed by atoms with E-state index in [0.29, 0.717) is 10.0 Å². The molecule has 1 aromatic carbocycles. The number of carbonyl (C=O) groups excluding carboxylic acids is 2. The average Bonchev–Trinajstić information content (AvgIpc) is 3.12. The molecule has 9 nitrogen and oxygen atoms in total. The minimum Gasteiger partial charge on any atom is -0.468 e. The summed E-state index contributed by atoms with van der Waals surface area (Å²) in [6.45, 7) is 5.55. The molecule has 0 aliphatic carbocycles. The van der Waals surface area contributed by atoms with Gasteiger partial charge in [-0.15, -0.1) is 10.2 Å². The van der Waals surface area contributed by atoms with Gasteiger partial charge in [0.15, 0.2) is 4.34 Å². The van der Waals surface area contributed by atoms with Gasteiger partial charge in [0.05, 0.1) is 24.8 Å². The van der Waals surface area contributed by atoms with Crippen molar-refractivity contribution in [2.45, 2.75) is 37.6 Å². The number of benzene rings is 1. The molecule has 0 saturated carbocycles. The van der Waals surface area contributed by atoms with Crippen LogP contribution < -0.4 is 9.62 Å². The van der Waals surface area contributed by atoms with Crippen LogP contribution in [0.1, 0.15) is 24.5 Å². The molecule has 1 atom stereocenters. The van der Waals surface area contributed by atoms with Crippen LogP contribution in [0.3, 0.4) is 0 Å². The summed E-state index contributed by atoms with van der Waals surface area (Å²) in [7, 11) is -2.43. The molecule has 0 saturated heterocycles. The Bertz CT molecular complexity index is 1020. The highest BCUT2D eigenvalue weighted by Crippen LogP contribution is 2.28. The van der Waals surface area contributed by atoms with Crippen LogP contribution in [-0.2, 0) is 24.3 Å². The van der Waals surface area contributed by atoms with E-state index in [0.717, 1.165) is 44.8 Å². The predicted molar refractivity (Wildman–Crippen MR) is 119 cm³/mol. The van der Waals surface area contributed by atoms with Gasteiger partial charge >= 0.3 is 5.97 Å². The standard InChI is InChI=1S/C18H24N4O5S3/c1-6-14(22(30(5,25)26)13-8-7-11(2)12(3)9-13)16(24)19-17-20-21-18(29-17)28-10-15(23)27-4/h7-9,14H,6,10H2,1-5H3,(H,19,20,24)/t14-/m1/s1. The first-order valence-electron chi connectivity index (χ1n) is 8.97. The maximum atomic E-state index is 12.9. The third-order valence-corrected chi connectivity index (χ3v) is 7.38. The van der Waals surface area contributed by atoms with Gasteiger partial charge in [-0.25, -0.2) is 8.42 Å². The normalized spacial score (nSPS) is 12.3. The third kappa shape index (κ3) is 6.16. The number of hydrogen-bond acceptors (Lipinski definition) is 9. The molecule has 164 valence electrons. The van der Waals surface area contributed by atoms with Crippen LogP contribution in [0.15, 0.2) is 22.5 Å². The minimum absolute atomic E-state index is 0.0747. The molecule has 0 bridgehead atoms. The molecule has 0 aliphatic heterocycles. The third-order valence-electron chi connectivity index (χ3n) is 4.25. The molecule has 1 N–H and O–H groups in total. The van der Waals surface area contributed by atoms with E-state index >= 15 is 0 Å². The van der Waals surface area contributed by atoms with Crippen molar-refractivity contribution < 1.29 is 22.7 Å². The van der Waals surface area contributed by atoms with Crippen molar-refractivity contribution in [2.75, 3.05) is 28.7 Å². The molecule has 1 heterocycles. The molecular formula is C18H24N4O5S3. The zero-order chi connectivity index (χ0) is 22.5. The summed E-state index contributed by atoms with van der Waals surface area (Å²) in [6, 6.07) is 4.30. The molecule has 12 heteroatoms. The summed E-state index contributed by atoms with van der Waals surface area (Å²) in [5, 5.41) is 10.7. The van der Waals surface area contributed by atoms with Crippen LogP contribution in [0.25, 0.3) is 0 Å². The lowest BCUT2D eigenvalue weighted by atomic mass is 10.1. The maximum Gasteiger partial charge on any atom is 0.316 e. The topological polar surface area (TPSA) is 119 Å². The largest absolute Gasteiger partial charge is 0.468 e. The number of anilines is 2. The molecule has 0 aliphatic rings. The number of amides is 1. The Morgan fingerprint density at radius 2 is 1.97 bits per heavy atom. The van der Waals surface area contributed by atoms with Gasteiger partial charge in [-0.05, 0) is 43.5 Å². The Hall–Kier alpha value is -2.18. The van der Waals surface area contributed by atoms with Gasteiger partial charge in [0.25, 0.3) is 0 Å². The summed E-state index contributed by atoms with van der Waals surface area (Å²) in [4.78, 5) is 24.1. The summed E-state index contributed by atoms with van der Waals surface area (Å²) in [5.74, 6) is -0.837. The fourth-order valence-electron chi connectivity index (χ4n) is 2.61. The van der Waals surface area contributed by atoms with Crippen molar-refractivity contribution in [2.24, 2.45) is 0 Å². The van der Waals surface area contributed by atoms with Crippen LogP contribution in [0, 0.1) is 13.8 Å². The molecule has 0 fully saturated rings. The minimum atomic E-state index is -3.73. The quantitative estimate of drug-likeness (QED) is 0.336. The summed E-state index contributed by atoms with van der Waals surface area (Å²) in [6.07, 6.45) is 1.33. The number of nitrogens with one attached hydrogen (secondary N) is 1. The Morgan fingerprint density at radius 1 is 1.27 bits per heavy atom. The average molecular weight is 473 g/mol. The van der Waals surface area contributed by atoms with Crippen LogP contribution in [-0.4, -0.2) is 55.7 Å². The number of thioether (sulfide) groups is 1. The molecule has 0 radical (unpaired) electrons. The number of hydrogen-bond donors (Lipinski definition) is 1. The van der Waals surface area contributed by atoms with Gasteiger partial charge in [0.1, 0.15) is 6.04 Å². The first-order chi connectivity index (χ1) is 14.1. The first-order valence-corrected chi connectivity index (χ1v) is 12.6. The molecule has 1 amide bonds. The molecule has 2 aromatic rings. The van der Waals surface area contributed by atoms with Gasteiger partial charge in [0.2, 0.25) is 21.1 Å². The van der Waals surface area contributed by atoms with E-state index in [4.69, 9.17) is 0 Å². The maximum absolute atomic E-state index is 12.9. The Balaban J connectivity index is 2.23.